The first kappa shape index (κ1) is 31.6. The van der Waals surface area contributed by atoms with Crippen molar-refractivity contribution in [2.45, 2.75) is 27.7 Å². The van der Waals surface area contributed by atoms with Gasteiger partial charge in [0.05, 0.1) is 11.4 Å². The molecule has 5 rings (SSSR count). The van der Waals surface area contributed by atoms with Crippen molar-refractivity contribution in [2.75, 3.05) is 0 Å². The highest BCUT2D eigenvalue weighted by atomic mass is 14.9. The van der Waals surface area contributed by atoms with Gasteiger partial charge < -0.3 is 0 Å². The third kappa shape index (κ3) is 7.82. The zero-order valence-electron chi connectivity index (χ0n) is 26.7. The van der Waals surface area contributed by atoms with Gasteiger partial charge in [-0.3, -0.25) is 4.99 Å². The maximum absolute atomic E-state index is 5.12. The topological polar surface area (TPSA) is 63.9 Å². The fourth-order valence-electron chi connectivity index (χ4n) is 5.05. The molecular formula is C41H37N5. The third-order valence-corrected chi connectivity index (χ3v) is 7.28. The number of allylic oxidation sites excluding steroid dienone is 8. The second-order valence-electron chi connectivity index (χ2n) is 10.9. The zero-order chi connectivity index (χ0) is 32.3. The third-order valence-electron chi connectivity index (χ3n) is 7.28. The molecule has 0 fully saturated rings. The molecule has 5 aromatic rings. The lowest BCUT2D eigenvalue weighted by Crippen LogP contribution is -1.99. The van der Waals surface area contributed by atoms with Crippen LogP contribution in [-0.4, -0.2) is 26.2 Å². The Kier molecular flexibility index (Phi) is 10.5. The fourth-order valence-corrected chi connectivity index (χ4v) is 5.05. The Morgan fingerprint density at radius 2 is 1.33 bits per heavy atom. The Morgan fingerprint density at radius 3 is 2.00 bits per heavy atom. The van der Waals surface area contributed by atoms with Crippen molar-refractivity contribution in [3.05, 3.63) is 163 Å². The Balaban J connectivity index is 1.69. The molecule has 0 aliphatic rings. The molecule has 0 N–H and O–H groups in total. The van der Waals surface area contributed by atoms with Gasteiger partial charge in [0.15, 0.2) is 5.82 Å². The van der Waals surface area contributed by atoms with Crippen LogP contribution in [0.4, 0.5) is 0 Å². The largest absolute Gasteiger partial charge is 0.269 e. The molecule has 0 amide bonds. The van der Waals surface area contributed by atoms with Crippen LogP contribution in [-0.2, 0) is 0 Å². The molecule has 0 atom stereocenters. The summed E-state index contributed by atoms with van der Waals surface area (Å²) in [6.07, 6.45) is 17.0. The number of hydrogen-bond donors (Lipinski definition) is 0. The van der Waals surface area contributed by atoms with E-state index in [1.54, 1.807) is 6.21 Å². The number of nitrogens with zero attached hydrogens (tertiary/aromatic N) is 5. The van der Waals surface area contributed by atoms with Crippen molar-refractivity contribution < 1.29 is 0 Å². The van der Waals surface area contributed by atoms with Crippen molar-refractivity contribution in [2.24, 2.45) is 4.99 Å². The monoisotopic (exact) mass is 599 g/mol. The summed E-state index contributed by atoms with van der Waals surface area (Å²) >= 11 is 0. The van der Waals surface area contributed by atoms with E-state index in [0.29, 0.717) is 5.82 Å². The van der Waals surface area contributed by atoms with Gasteiger partial charge in [0, 0.05) is 47.1 Å². The maximum Gasteiger partial charge on any atom is 0.160 e. The lowest BCUT2D eigenvalue weighted by molar-refractivity contribution is 1.15. The van der Waals surface area contributed by atoms with E-state index in [1.807, 2.05) is 68.8 Å². The molecule has 3 aromatic carbocycles. The minimum Gasteiger partial charge on any atom is -0.269 e. The molecule has 2 aromatic heterocycles. The first-order valence-electron chi connectivity index (χ1n) is 15.2. The van der Waals surface area contributed by atoms with E-state index < -0.39 is 0 Å². The molecule has 0 aliphatic heterocycles. The Labute approximate surface area is 271 Å². The molecule has 5 nitrogen and oxygen atoms in total. The van der Waals surface area contributed by atoms with Crippen LogP contribution >= 0.6 is 0 Å². The van der Waals surface area contributed by atoms with Crippen molar-refractivity contribution >= 4 is 11.8 Å². The summed E-state index contributed by atoms with van der Waals surface area (Å²) in [5.41, 5.74) is 11.7. The van der Waals surface area contributed by atoms with Crippen LogP contribution in [0.5, 0.6) is 0 Å². The molecule has 0 bridgehead atoms. The van der Waals surface area contributed by atoms with E-state index in [1.165, 1.54) is 11.9 Å². The SMILES string of the molecule is C=CC(=CC(=CC)C(C=C(C)C)=CN=CC)c1cc(-c2cccc(-c3cncnc3)c2)nc(-c2cccc(-c3ccccc3)c2)n1. The van der Waals surface area contributed by atoms with E-state index in [4.69, 9.17) is 9.97 Å². The van der Waals surface area contributed by atoms with E-state index in [2.05, 4.69) is 108 Å². The number of benzene rings is 3. The van der Waals surface area contributed by atoms with Gasteiger partial charge in [0.2, 0.25) is 0 Å². The summed E-state index contributed by atoms with van der Waals surface area (Å²) in [5.74, 6) is 0.629. The van der Waals surface area contributed by atoms with Gasteiger partial charge in [-0.15, -0.1) is 0 Å². The Hall–Kier alpha value is -5.81. The first-order chi connectivity index (χ1) is 22.5. The predicted molar refractivity (Wildman–Crippen MR) is 193 cm³/mol. The van der Waals surface area contributed by atoms with Crippen LogP contribution in [0.2, 0.25) is 0 Å². The van der Waals surface area contributed by atoms with Gasteiger partial charge in [-0.25, -0.2) is 19.9 Å². The van der Waals surface area contributed by atoms with E-state index in [0.717, 1.165) is 61.5 Å². The van der Waals surface area contributed by atoms with Gasteiger partial charge in [0.1, 0.15) is 6.33 Å². The van der Waals surface area contributed by atoms with Crippen LogP contribution in [0.15, 0.2) is 162 Å². The van der Waals surface area contributed by atoms with Crippen molar-refractivity contribution in [1.29, 1.82) is 0 Å². The minimum absolute atomic E-state index is 0.629. The molecule has 0 unspecified atom stereocenters. The fraction of sp³-hybridized carbons (Fsp3) is 0.0976. The van der Waals surface area contributed by atoms with E-state index in [-0.39, 0.29) is 0 Å². The maximum atomic E-state index is 5.12. The van der Waals surface area contributed by atoms with Crippen molar-refractivity contribution in [1.82, 2.24) is 19.9 Å². The molecule has 226 valence electrons. The minimum atomic E-state index is 0.629. The number of aliphatic imine (C=N–C) groups is 1. The van der Waals surface area contributed by atoms with Crippen LogP contribution in [0, 0.1) is 0 Å². The van der Waals surface area contributed by atoms with Gasteiger partial charge >= 0.3 is 0 Å². The summed E-state index contributed by atoms with van der Waals surface area (Å²) in [4.78, 5) is 23.1. The summed E-state index contributed by atoms with van der Waals surface area (Å²) < 4.78 is 0. The van der Waals surface area contributed by atoms with Crippen molar-refractivity contribution in [3.8, 4) is 44.9 Å². The molecule has 46 heavy (non-hydrogen) atoms. The molecule has 0 spiro atoms. The molecule has 0 saturated carbocycles. The summed E-state index contributed by atoms with van der Waals surface area (Å²) in [6, 6.07) is 29.0. The summed E-state index contributed by atoms with van der Waals surface area (Å²) in [5, 5.41) is 0. The molecule has 0 saturated heterocycles. The average Bonchev–Trinajstić information content (AvgIpc) is 3.11. The number of aromatic nitrogens is 4. The van der Waals surface area contributed by atoms with Gasteiger partial charge in [0.25, 0.3) is 0 Å². The van der Waals surface area contributed by atoms with Crippen LogP contribution in [0.3, 0.4) is 0 Å². The molecule has 2 heterocycles. The summed E-state index contributed by atoms with van der Waals surface area (Å²) in [6.45, 7) is 12.3. The Bertz CT molecular complexity index is 1880. The molecule has 0 radical (unpaired) electrons. The number of hydrogen-bond acceptors (Lipinski definition) is 5. The summed E-state index contributed by atoms with van der Waals surface area (Å²) in [7, 11) is 0. The van der Waals surface area contributed by atoms with E-state index in [9.17, 15) is 0 Å². The van der Waals surface area contributed by atoms with Gasteiger partial charge in [-0.05, 0) is 79.8 Å². The molecule has 5 heteroatoms. The van der Waals surface area contributed by atoms with Gasteiger partial charge in [-0.1, -0.05) is 97.1 Å². The van der Waals surface area contributed by atoms with Gasteiger partial charge in [-0.2, -0.15) is 0 Å². The van der Waals surface area contributed by atoms with Crippen molar-refractivity contribution in [3.63, 3.8) is 0 Å². The highest BCUT2D eigenvalue weighted by Gasteiger charge is 2.14. The smallest absolute Gasteiger partial charge is 0.160 e. The first-order valence-corrected chi connectivity index (χ1v) is 15.2. The Morgan fingerprint density at radius 1 is 0.674 bits per heavy atom. The molecule has 0 aliphatic carbocycles. The standard InChI is InChI=1S/C41H37N5/c1-6-30(37(20-29(4)5)25-42-8-3)21-31(7-2)39-24-40(35-18-12-17-34(22-35)38-26-43-28-44-27-38)46-41(45-39)36-19-13-16-33(23-36)32-14-10-9-11-15-32/h6-28H,2H2,1,3-5H3. The number of rotatable bonds is 10. The lowest BCUT2D eigenvalue weighted by atomic mass is 9.98. The zero-order valence-corrected chi connectivity index (χ0v) is 26.7. The quantitative estimate of drug-likeness (QED) is 0.118. The predicted octanol–water partition coefficient (Wildman–Crippen LogP) is 10.4. The van der Waals surface area contributed by atoms with Crippen LogP contribution < -0.4 is 0 Å². The second-order valence-corrected chi connectivity index (χ2v) is 10.9. The average molecular weight is 600 g/mol. The van der Waals surface area contributed by atoms with E-state index >= 15 is 0 Å². The van der Waals surface area contributed by atoms with Crippen LogP contribution in [0.1, 0.15) is 33.4 Å². The highest BCUT2D eigenvalue weighted by molar-refractivity contribution is 5.80. The second kappa shape index (κ2) is 15.3. The normalized spacial score (nSPS) is 12.3. The highest BCUT2D eigenvalue weighted by Crippen LogP contribution is 2.31. The lowest BCUT2D eigenvalue weighted by Gasteiger charge is -2.13. The van der Waals surface area contributed by atoms with Crippen LogP contribution in [0.25, 0.3) is 50.5 Å². The molecular weight excluding hydrogens is 562 g/mol.